The number of nitriles is 1. The van der Waals surface area contributed by atoms with Crippen LogP contribution in [0.5, 0.6) is 0 Å². The van der Waals surface area contributed by atoms with Crippen LogP contribution in [0.4, 0.5) is 0 Å². The molecule has 6 nitrogen and oxygen atoms in total. The standard InChI is InChI=1S/C16H14N2O4/c1-9-12(14(19)16(20)21-2)13(10-6-4-3-5-7-10)11(8-17)15(18)22-9/h3-7,13H,18H2,1-2H3/t13-/m1/s1. The Morgan fingerprint density at radius 1 is 1.32 bits per heavy atom. The second-order valence-corrected chi connectivity index (χ2v) is 4.63. The maximum absolute atomic E-state index is 12.3. The summed E-state index contributed by atoms with van der Waals surface area (Å²) in [5.74, 6) is -2.52. The summed E-state index contributed by atoms with van der Waals surface area (Å²) < 4.78 is 9.74. The Morgan fingerprint density at radius 3 is 2.50 bits per heavy atom. The van der Waals surface area contributed by atoms with E-state index in [4.69, 9.17) is 10.5 Å². The quantitative estimate of drug-likeness (QED) is 0.670. The number of nitrogens with two attached hydrogens (primary N) is 1. The average molecular weight is 298 g/mol. The van der Waals surface area contributed by atoms with Crippen LogP contribution >= 0.6 is 0 Å². The molecule has 0 radical (unpaired) electrons. The van der Waals surface area contributed by atoms with E-state index in [0.717, 1.165) is 7.11 Å². The average Bonchev–Trinajstić information content (AvgIpc) is 2.53. The van der Waals surface area contributed by atoms with E-state index in [0.29, 0.717) is 5.56 Å². The van der Waals surface area contributed by atoms with Gasteiger partial charge in [0.15, 0.2) is 0 Å². The summed E-state index contributed by atoms with van der Waals surface area (Å²) in [5, 5.41) is 9.36. The third-order valence-corrected chi connectivity index (χ3v) is 3.35. The maximum Gasteiger partial charge on any atom is 0.379 e. The van der Waals surface area contributed by atoms with Gasteiger partial charge in [-0.25, -0.2) is 4.79 Å². The number of Topliss-reactive ketones (excluding diaryl/α,β-unsaturated/α-hetero) is 1. The molecular formula is C16H14N2O4. The van der Waals surface area contributed by atoms with Crippen LogP contribution in [0.1, 0.15) is 18.4 Å². The van der Waals surface area contributed by atoms with Gasteiger partial charge in [0.25, 0.3) is 5.78 Å². The number of ether oxygens (including phenoxy) is 2. The summed E-state index contributed by atoms with van der Waals surface area (Å²) >= 11 is 0. The minimum atomic E-state index is -1.02. The highest BCUT2D eigenvalue weighted by Gasteiger charge is 2.38. The van der Waals surface area contributed by atoms with E-state index in [1.54, 1.807) is 30.3 Å². The molecule has 0 saturated heterocycles. The van der Waals surface area contributed by atoms with Crippen molar-refractivity contribution in [1.29, 1.82) is 5.26 Å². The van der Waals surface area contributed by atoms with Crippen molar-refractivity contribution in [2.24, 2.45) is 5.73 Å². The molecular weight excluding hydrogens is 284 g/mol. The molecule has 1 atom stereocenters. The number of hydrogen-bond acceptors (Lipinski definition) is 6. The normalized spacial score (nSPS) is 17.6. The van der Waals surface area contributed by atoms with Crippen molar-refractivity contribution in [2.45, 2.75) is 12.8 Å². The summed E-state index contributed by atoms with van der Waals surface area (Å²) in [6, 6.07) is 10.8. The van der Waals surface area contributed by atoms with Gasteiger partial charge in [0.05, 0.1) is 18.6 Å². The topological polar surface area (TPSA) is 102 Å². The van der Waals surface area contributed by atoms with Crippen LogP contribution in [-0.4, -0.2) is 18.9 Å². The Balaban J connectivity index is 2.63. The number of rotatable bonds is 3. The van der Waals surface area contributed by atoms with Crippen molar-refractivity contribution in [3.63, 3.8) is 0 Å². The molecule has 0 spiro atoms. The lowest BCUT2D eigenvalue weighted by molar-refractivity contribution is -0.150. The molecule has 0 aromatic heterocycles. The first-order chi connectivity index (χ1) is 10.5. The van der Waals surface area contributed by atoms with Crippen molar-refractivity contribution in [3.8, 4) is 6.07 Å². The van der Waals surface area contributed by atoms with Gasteiger partial charge < -0.3 is 15.2 Å². The fraction of sp³-hybridized carbons (Fsp3) is 0.188. The van der Waals surface area contributed by atoms with Crippen LogP contribution in [0.15, 0.2) is 53.1 Å². The number of esters is 1. The predicted molar refractivity (Wildman–Crippen MR) is 76.8 cm³/mol. The number of ketones is 1. The van der Waals surface area contributed by atoms with Crippen molar-refractivity contribution in [2.75, 3.05) is 7.11 Å². The summed E-state index contributed by atoms with van der Waals surface area (Å²) in [4.78, 5) is 23.9. The zero-order valence-corrected chi connectivity index (χ0v) is 12.1. The molecule has 112 valence electrons. The molecule has 0 bridgehead atoms. The van der Waals surface area contributed by atoms with E-state index >= 15 is 0 Å². The maximum atomic E-state index is 12.3. The fourth-order valence-electron chi connectivity index (χ4n) is 2.36. The van der Waals surface area contributed by atoms with Gasteiger partial charge in [0, 0.05) is 0 Å². The van der Waals surface area contributed by atoms with Crippen LogP contribution in [0, 0.1) is 11.3 Å². The lowest BCUT2D eigenvalue weighted by atomic mass is 9.81. The molecule has 0 amide bonds. The number of benzene rings is 1. The van der Waals surface area contributed by atoms with Gasteiger partial charge in [0.1, 0.15) is 17.4 Å². The van der Waals surface area contributed by atoms with Crippen LogP contribution < -0.4 is 5.73 Å². The molecule has 2 rings (SSSR count). The Kier molecular flexibility index (Phi) is 4.28. The molecule has 1 aromatic rings. The summed E-state index contributed by atoms with van der Waals surface area (Å²) in [6.07, 6.45) is 0. The predicted octanol–water partition coefficient (Wildman–Crippen LogP) is 1.51. The molecule has 0 aliphatic carbocycles. The van der Waals surface area contributed by atoms with Gasteiger partial charge in [-0.05, 0) is 12.5 Å². The first kappa shape index (κ1) is 15.3. The monoisotopic (exact) mass is 298 g/mol. The third-order valence-electron chi connectivity index (χ3n) is 3.35. The Morgan fingerprint density at radius 2 is 1.95 bits per heavy atom. The highest BCUT2D eigenvalue weighted by atomic mass is 16.5. The van der Waals surface area contributed by atoms with Crippen LogP contribution in [0.3, 0.4) is 0 Å². The third kappa shape index (κ3) is 2.56. The van der Waals surface area contributed by atoms with E-state index in [2.05, 4.69) is 4.74 Å². The first-order valence-electron chi connectivity index (χ1n) is 6.47. The molecule has 2 N–H and O–H groups in total. The zero-order chi connectivity index (χ0) is 16.3. The highest BCUT2D eigenvalue weighted by Crippen LogP contribution is 2.39. The SMILES string of the molecule is COC(=O)C(=O)C1=C(C)OC(N)=C(C#N)[C@H]1c1ccccc1. The first-order valence-corrected chi connectivity index (χ1v) is 6.47. The highest BCUT2D eigenvalue weighted by molar-refractivity contribution is 6.41. The smallest absolute Gasteiger partial charge is 0.379 e. The Hall–Kier alpha value is -3.07. The number of carbonyl (C=O) groups excluding carboxylic acids is 2. The minimum absolute atomic E-state index is 0.0591. The Labute approximate surface area is 127 Å². The summed E-state index contributed by atoms with van der Waals surface area (Å²) in [7, 11) is 1.12. The summed E-state index contributed by atoms with van der Waals surface area (Å²) in [6.45, 7) is 1.52. The molecule has 22 heavy (non-hydrogen) atoms. The number of nitrogens with zero attached hydrogens (tertiary/aromatic N) is 1. The molecule has 1 heterocycles. The fourth-order valence-corrected chi connectivity index (χ4v) is 2.36. The van der Waals surface area contributed by atoms with Crippen molar-refractivity contribution < 1.29 is 19.1 Å². The van der Waals surface area contributed by atoms with Crippen molar-refractivity contribution >= 4 is 11.8 Å². The second kappa shape index (κ2) is 6.14. The molecule has 1 aliphatic rings. The van der Waals surface area contributed by atoms with Gasteiger partial charge >= 0.3 is 5.97 Å². The number of methoxy groups -OCH3 is 1. The van der Waals surface area contributed by atoms with Gasteiger partial charge in [-0.15, -0.1) is 0 Å². The van der Waals surface area contributed by atoms with Gasteiger partial charge in [-0.1, -0.05) is 30.3 Å². The summed E-state index contributed by atoms with van der Waals surface area (Å²) in [5.41, 5.74) is 6.56. The number of carbonyl (C=O) groups is 2. The second-order valence-electron chi connectivity index (χ2n) is 4.63. The molecule has 6 heteroatoms. The van der Waals surface area contributed by atoms with Gasteiger partial charge in [0.2, 0.25) is 5.88 Å². The van der Waals surface area contributed by atoms with E-state index in [1.165, 1.54) is 6.92 Å². The van der Waals surface area contributed by atoms with Crippen molar-refractivity contribution in [1.82, 2.24) is 0 Å². The Bertz CT molecular complexity index is 726. The minimum Gasteiger partial charge on any atom is -0.463 e. The van der Waals surface area contributed by atoms with E-state index < -0.39 is 17.7 Å². The van der Waals surface area contributed by atoms with Crippen LogP contribution in [-0.2, 0) is 19.1 Å². The molecule has 1 aliphatic heterocycles. The molecule has 0 unspecified atom stereocenters. The van der Waals surface area contributed by atoms with Crippen molar-refractivity contribution in [3.05, 3.63) is 58.7 Å². The largest absolute Gasteiger partial charge is 0.463 e. The number of hydrogen-bond donors (Lipinski definition) is 1. The van der Waals surface area contributed by atoms with Crippen LogP contribution in [0.25, 0.3) is 0 Å². The molecule has 1 aromatic carbocycles. The van der Waals surface area contributed by atoms with E-state index in [1.807, 2.05) is 6.07 Å². The zero-order valence-electron chi connectivity index (χ0n) is 12.1. The number of allylic oxidation sites excluding steroid dienone is 2. The lowest BCUT2D eigenvalue weighted by Gasteiger charge is -2.26. The van der Waals surface area contributed by atoms with Gasteiger partial charge in [-0.2, -0.15) is 5.26 Å². The van der Waals surface area contributed by atoms with E-state index in [-0.39, 0.29) is 22.8 Å². The lowest BCUT2D eigenvalue weighted by Crippen LogP contribution is -2.28. The van der Waals surface area contributed by atoms with Gasteiger partial charge in [-0.3, -0.25) is 4.79 Å². The van der Waals surface area contributed by atoms with E-state index in [9.17, 15) is 14.9 Å². The molecule has 0 saturated carbocycles. The molecule has 0 fully saturated rings. The van der Waals surface area contributed by atoms with Crippen LogP contribution in [0.2, 0.25) is 0 Å².